The fourth-order valence-electron chi connectivity index (χ4n) is 0.966. The van der Waals surface area contributed by atoms with Crippen LogP contribution in [0, 0.1) is 5.41 Å². The third kappa shape index (κ3) is 2.32. The fraction of sp³-hybridized carbons (Fsp3) is 0.571. The van der Waals surface area contributed by atoms with E-state index in [9.17, 15) is 8.42 Å². The van der Waals surface area contributed by atoms with E-state index in [1.807, 2.05) is 19.9 Å². The Hall–Kier alpha value is -0.350. The van der Waals surface area contributed by atoms with Gasteiger partial charge in [0.05, 0.1) is 0 Å². The van der Waals surface area contributed by atoms with Gasteiger partial charge in [0, 0.05) is 23.3 Å². The molecule has 0 bridgehead atoms. The van der Waals surface area contributed by atoms with Crippen LogP contribution in [0.5, 0.6) is 0 Å². The lowest BCUT2D eigenvalue weighted by molar-refractivity contribution is 0.498. The van der Waals surface area contributed by atoms with Crippen LogP contribution >= 0.6 is 10.7 Å². The van der Waals surface area contributed by atoms with Crippen LogP contribution in [0.2, 0.25) is 0 Å². The summed E-state index contributed by atoms with van der Waals surface area (Å²) in [7, 11) is 1.52. The number of hydrogen-bond donors (Lipinski definition) is 0. The van der Waals surface area contributed by atoms with Crippen LogP contribution in [0.25, 0.3) is 0 Å². The van der Waals surface area contributed by atoms with Gasteiger partial charge in [0.2, 0.25) is 0 Å². The van der Waals surface area contributed by atoms with Crippen molar-refractivity contribution in [3.05, 3.63) is 12.3 Å². The summed E-state index contributed by atoms with van der Waals surface area (Å²) in [5.41, 5.74) is -0.168. The van der Waals surface area contributed by atoms with E-state index in [4.69, 9.17) is 10.7 Å². The summed E-state index contributed by atoms with van der Waals surface area (Å²) in [6.07, 6.45) is 3.71. The normalized spacial score (nSPS) is 22.1. The molecule has 0 N–H and O–H groups in total. The molecular formula is C7H10ClNO2S. The quantitative estimate of drug-likeness (QED) is 0.570. The average Bonchev–Trinajstić information content (AvgIpc) is 1.83. The lowest BCUT2D eigenvalue weighted by Gasteiger charge is -2.22. The summed E-state index contributed by atoms with van der Waals surface area (Å²) in [6, 6.07) is 0. The highest BCUT2D eigenvalue weighted by molar-refractivity contribution is 8.25. The summed E-state index contributed by atoms with van der Waals surface area (Å²) >= 11 is 0. The molecular weight excluding hydrogens is 198 g/mol. The van der Waals surface area contributed by atoms with Gasteiger partial charge in [-0.05, 0) is 5.41 Å². The van der Waals surface area contributed by atoms with Crippen molar-refractivity contribution in [2.75, 3.05) is 0 Å². The van der Waals surface area contributed by atoms with Crippen molar-refractivity contribution in [3.8, 4) is 0 Å². The third-order valence-electron chi connectivity index (χ3n) is 1.63. The Kier molecular flexibility index (Phi) is 2.31. The van der Waals surface area contributed by atoms with Gasteiger partial charge < -0.3 is 0 Å². The predicted octanol–water partition coefficient (Wildman–Crippen LogP) is 1.90. The van der Waals surface area contributed by atoms with Gasteiger partial charge in [-0.3, -0.25) is 0 Å². The van der Waals surface area contributed by atoms with Gasteiger partial charge in [-0.25, -0.2) is 13.4 Å². The first-order chi connectivity index (χ1) is 5.31. The summed E-state index contributed by atoms with van der Waals surface area (Å²) in [4.78, 5) is 3.71. The van der Waals surface area contributed by atoms with Gasteiger partial charge in [0.15, 0.2) is 0 Å². The number of nitrogens with zero attached hydrogens (tertiary/aromatic N) is 1. The molecule has 1 aliphatic heterocycles. The van der Waals surface area contributed by atoms with Crippen molar-refractivity contribution in [2.24, 2.45) is 10.4 Å². The zero-order valence-electron chi connectivity index (χ0n) is 6.91. The molecule has 0 fully saturated rings. The molecule has 0 aromatic rings. The second-order valence-corrected chi connectivity index (χ2v) is 6.01. The third-order valence-corrected chi connectivity index (χ3v) is 2.98. The topological polar surface area (TPSA) is 46.5 Å². The van der Waals surface area contributed by atoms with E-state index in [-0.39, 0.29) is 10.5 Å². The highest BCUT2D eigenvalue weighted by Gasteiger charge is 2.26. The summed E-state index contributed by atoms with van der Waals surface area (Å²) in [6.45, 7) is 3.86. The molecule has 0 saturated carbocycles. The lowest BCUT2D eigenvalue weighted by atomic mass is 9.89. The van der Waals surface area contributed by atoms with Crippen LogP contribution in [0.3, 0.4) is 0 Å². The first-order valence-corrected chi connectivity index (χ1v) is 5.81. The molecule has 0 aliphatic carbocycles. The molecule has 0 spiro atoms. The summed E-state index contributed by atoms with van der Waals surface area (Å²) in [5.74, 6) is 0. The Morgan fingerprint density at radius 2 is 2.17 bits per heavy atom. The maximum absolute atomic E-state index is 10.9. The van der Waals surface area contributed by atoms with Gasteiger partial charge >= 0.3 is 0 Å². The highest BCUT2D eigenvalue weighted by atomic mass is 35.7. The van der Waals surface area contributed by atoms with Crippen LogP contribution < -0.4 is 0 Å². The van der Waals surface area contributed by atoms with Crippen LogP contribution in [-0.4, -0.2) is 13.5 Å². The van der Waals surface area contributed by atoms with E-state index in [1.54, 1.807) is 0 Å². The molecule has 0 unspecified atom stereocenters. The molecule has 1 rings (SSSR count). The first-order valence-electron chi connectivity index (χ1n) is 3.50. The van der Waals surface area contributed by atoms with Crippen molar-refractivity contribution in [1.29, 1.82) is 0 Å². The minimum atomic E-state index is -3.63. The second kappa shape index (κ2) is 2.85. The van der Waals surface area contributed by atoms with Crippen LogP contribution in [-0.2, 0) is 9.05 Å². The molecule has 12 heavy (non-hydrogen) atoms. The molecule has 68 valence electrons. The summed E-state index contributed by atoms with van der Waals surface area (Å²) < 4.78 is 21.7. The van der Waals surface area contributed by atoms with E-state index in [2.05, 4.69) is 4.99 Å². The fourth-order valence-corrected chi connectivity index (χ4v) is 1.98. The second-order valence-electron chi connectivity index (χ2n) is 3.44. The van der Waals surface area contributed by atoms with E-state index >= 15 is 0 Å². The zero-order chi connectivity index (χ0) is 9.41. The van der Waals surface area contributed by atoms with Crippen LogP contribution in [0.1, 0.15) is 20.3 Å². The van der Waals surface area contributed by atoms with Crippen molar-refractivity contribution in [3.63, 3.8) is 0 Å². The van der Waals surface area contributed by atoms with Gasteiger partial charge in [-0.1, -0.05) is 19.9 Å². The molecule has 1 heterocycles. The maximum atomic E-state index is 10.9. The van der Waals surface area contributed by atoms with Gasteiger partial charge in [-0.15, -0.1) is 0 Å². The van der Waals surface area contributed by atoms with Crippen molar-refractivity contribution in [2.45, 2.75) is 20.3 Å². The van der Waals surface area contributed by atoms with E-state index in [1.165, 1.54) is 6.20 Å². The Balaban J connectivity index is 3.00. The van der Waals surface area contributed by atoms with E-state index in [0.29, 0.717) is 6.42 Å². The van der Waals surface area contributed by atoms with E-state index < -0.39 is 9.05 Å². The molecule has 1 aliphatic rings. The van der Waals surface area contributed by atoms with Gasteiger partial charge in [0.25, 0.3) is 9.05 Å². The Bertz CT molecular complexity index is 340. The predicted molar refractivity (Wildman–Crippen MR) is 49.7 cm³/mol. The summed E-state index contributed by atoms with van der Waals surface area (Å²) in [5, 5.41) is 0.0525. The van der Waals surface area contributed by atoms with Crippen LogP contribution in [0.4, 0.5) is 0 Å². The smallest absolute Gasteiger partial charge is 0.248 e. The van der Waals surface area contributed by atoms with Gasteiger partial charge in [0.1, 0.15) is 5.04 Å². The minimum absolute atomic E-state index is 0.0525. The SMILES string of the molecule is CC1(C)C=CN=C(S(=O)(=O)Cl)C1. The monoisotopic (exact) mass is 207 g/mol. The lowest BCUT2D eigenvalue weighted by Crippen LogP contribution is -2.21. The molecule has 0 saturated heterocycles. The maximum Gasteiger partial charge on any atom is 0.274 e. The Morgan fingerprint density at radius 3 is 2.50 bits per heavy atom. The Labute approximate surface area is 76.6 Å². The largest absolute Gasteiger partial charge is 0.274 e. The number of hydrogen-bond acceptors (Lipinski definition) is 3. The standard InChI is InChI=1S/C7H10ClNO2S/c1-7(2)3-4-9-6(5-7)12(8,10)11/h3-4H,5H2,1-2H3. The minimum Gasteiger partial charge on any atom is -0.248 e. The number of aliphatic imine (C=N–C) groups is 1. The zero-order valence-corrected chi connectivity index (χ0v) is 8.48. The first kappa shape index (κ1) is 9.74. The molecule has 0 aromatic heterocycles. The average molecular weight is 208 g/mol. The van der Waals surface area contributed by atoms with Crippen molar-refractivity contribution in [1.82, 2.24) is 0 Å². The number of allylic oxidation sites excluding steroid dienone is 1. The number of halogens is 1. The molecule has 5 heteroatoms. The molecule has 0 aromatic carbocycles. The number of rotatable bonds is 0. The Morgan fingerprint density at radius 1 is 1.58 bits per heavy atom. The van der Waals surface area contributed by atoms with Crippen molar-refractivity contribution >= 4 is 24.8 Å². The molecule has 0 amide bonds. The van der Waals surface area contributed by atoms with E-state index in [0.717, 1.165) is 0 Å². The molecule has 3 nitrogen and oxygen atoms in total. The van der Waals surface area contributed by atoms with Crippen LogP contribution in [0.15, 0.2) is 17.3 Å². The highest BCUT2D eigenvalue weighted by Crippen LogP contribution is 2.28. The molecule has 0 atom stereocenters. The van der Waals surface area contributed by atoms with Crippen molar-refractivity contribution < 1.29 is 8.42 Å². The molecule has 0 radical (unpaired) electrons. The van der Waals surface area contributed by atoms with Gasteiger partial charge in [-0.2, -0.15) is 0 Å².